The van der Waals surface area contributed by atoms with Gasteiger partial charge in [0.15, 0.2) is 0 Å². The molecule has 1 saturated heterocycles. The smallest absolute Gasteiger partial charge is 0.243 e. The standard InChI is InChI=1S/C13H17N3O2/c1-10-3-2-4-11(7-10)15-12(17)9-16-6-5-14-8-13(16)18/h2-4,7,14H,5-6,8-9H2,1H3,(H,15,17). The van der Waals surface area contributed by atoms with Crippen molar-refractivity contribution < 1.29 is 9.59 Å². The summed E-state index contributed by atoms with van der Waals surface area (Å²) in [6, 6.07) is 7.60. The lowest BCUT2D eigenvalue weighted by atomic mass is 10.2. The van der Waals surface area contributed by atoms with Crippen LogP contribution >= 0.6 is 0 Å². The van der Waals surface area contributed by atoms with Crippen LogP contribution in [-0.2, 0) is 9.59 Å². The van der Waals surface area contributed by atoms with Gasteiger partial charge in [0.2, 0.25) is 11.8 Å². The molecule has 0 radical (unpaired) electrons. The van der Waals surface area contributed by atoms with E-state index in [1.54, 1.807) is 4.90 Å². The molecule has 2 N–H and O–H groups in total. The van der Waals surface area contributed by atoms with Crippen molar-refractivity contribution in [1.29, 1.82) is 0 Å². The minimum absolute atomic E-state index is 0.0272. The first-order chi connectivity index (χ1) is 8.65. The Morgan fingerprint density at radius 1 is 1.50 bits per heavy atom. The first kappa shape index (κ1) is 12.6. The van der Waals surface area contributed by atoms with Crippen LogP contribution in [0.25, 0.3) is 0 Å². The minimum Gasteiger partial charge on any atom is -0.331 e. The van der Waals surface area contributed by atoms with Crippen LogP contribution < -0.4 is 10.6 Å². The second-order valence-electron chi connectivity index (χ2n) is 4.41. The van der Waals surface area contributed by atoms with Gasteiger partial charge in [-0.1, -0.05) is 12.1 Å². The number of carbonyl (C=O) groups is 2. The van der Waals surface area contributed by atoms with E-state index in [0.717, 1.165) is 17.8 Å². The molecule has 0 saturated carbocycles. The van der Waals surface area contributed by atoms with Gasteiger partial charge in [-0.2, -0.15) is 0 Å². The quantitative estimate of drug-likeness (QED) is 0.811. The number of carbonyl (C=O) groups excluding carboxylic acids is 2. The fraction of sp³-hybridized carbons (Fsp3) is 0.385. The third kappa shape index (κ3) is 3.30. The molecular formula is C13H17N3O2. The van der Waals surface area contributed by atoms with Crippen molar-refractivity contribution in [1.82, 2.24) is 10.2 Å². The molecule has 0 spiro atoms. The zero-order valence-corrected chi connectivity index (χ0v) is 10.4. The zero-order valence-electron chi connectivity index (χ0n) is 10.4. The predicted molar refractivity (Wildman–Crippen MR) is 69.3 cm³/mol. The van der Waals surface area contributed by atoms with Crippen molar-refractivity contribution in [3.8, 4) is 0 Å². The van der Waals surface area contributed by atoms with E-state index in [4.69, 9.17) is 0 Å². The monoisotopic (exact) mass is 247 g/mol. The van der Waals surface area contributed by atoms with Gasteiger partial charge >= 0.3 is 0 Å². The summed E-state index contributed by atoms with van der Waals surface area (Å²) in [7, 11) is 0. The summed E-state index contributed by atoms with van der Waals surface area (Å²) in [6.07, 6.45) is 0. The number of amides is 2. The summed E-state index contributed by atoms with van der Waals surface area (Å²) >= 11 is 0. The molecular weight excluding hydrogens is 230 g/mol. The van der Waals surface area contributed by atoms with E-state index in [0.29, 0.717) is 13.1 Å². The highest BCUT2D eigenvalue weighted by atomic mass is 16.2. The average molecular weight is 247 g/mol. The van der Waals surface area contributed by atoms with E-state index in [-0.39, 0.29) is 18.4 Å². The molecule has 2 rings (SSSR count). The molecule has 1 aliphatic heterocycles. The number of hydrogen-bond acceptors (Lipinski definition) is 3. The molecule has 0 unspecified atom stereocenters. The van der Waals surface area contributed by atoms with Gasteiger partial charge in [0.25, 0.3) is 0 Å². The number of piperazine rings is 1. The van der Waals surface area contributed by atoms with Crippen LogP contribution in [0.2, 0.25) is 0 Å². The molecule has 18 heavy (non-hydrogen) atoms. The Labute approximate surface area is 106 Å². The number of benzene rings is 1. The normalized spacial score (nSPS) is 15.6. The van der Waals surface area contributed by atoms with Crippen LogP contribution in [-0.4, -0.2) is 42.9 Å². The van der Waals surface area contributed by atoms with E-state index in [2.05, 4.69) is 10.6 Å². The van der Waals surface area contributed by atoms with Crippen molar-refractivity contribution >= 4 is 17.5 Å². The molecule has 1 heterocycles. The first-order valence-corrected chi connectivity index (χ1v) is 6.00. The van der Waals surface area contributed by atoms with Crippen molar-refractivity contribution in [2.45, 2.75) is 6.92 Å². The maximum absolute atomic E-state index is 11.8. The lowest BCUT2D eigenvalue weighted by Crippen LogP contribution is -2.50. The van der Waals surface area contributed by atoms with E-state index in [1.165, 1.54) is 0 Å². The number of aryl methyl sites for hydroxylation is 1. The largest absolute Gasteiger partial charge is 0.331 e. The fourth-order valence-corrected chi connectivity index (χ4v) is 1.91. The molecule has 5 heteroatoms. The highest BCUT2D eigenvalue weighted by Crippen LogP contribution is 2.09. The molecule has 0 aliphatic carbocycles. The Morgan fingerprint density at radius 2 is 2.33 bits per heavy atom. The highest BCUT2D eigenvalue weighted by molar-refractivity contribution is 5.94. The Kier molecular flexibility index (Phi) is 3.94. The molecule has 0 aromatic heterocycles. The van der Waals surface area contributed by atoms with Crippen LogP contribution in [0.4, 0.5) is 5.69 Å². The molecule has 1 aliphatic rings. The van der Waals surface area contributed by atoms with Crippen molar-refractivity contribution in [3.63, 3.8) is 0 Å². The molecule has 0 bridgehead atoms. The third-order valence-electron chi connectivity index (χ3n) is 2.82. The number of rotatable bonds is 3. The number of nitrogens with zero attached hydrogens (tertiary/aromatic N) is 1. The predicted octanol–water partition coefficient (Wildman–Crippen LogP) is 0.365. The van der Waals surface area contributed by atoms with Crippen molar-refractivity contribution in [2.75, 3.05) is 31.5 Å². The fourth-order valence-electron chi connectivity index (χ4n) is 1.91. The lowest BCUT2D eigenvalue weighted by molar-refractivity contribution is -0.135. The summed E-state index contributed by atoms with van der Waals surface area (Å²) in [5, 5.41) is 5.77. The molecule has 5 nitrogen and oxygen atoms in total. The maximum Gasteiger partial charge on any atom is 0.243 e. The van der Waals surface area contributed by atoms with Crippen LogP contribution in [0.3, 0.4) is 0 Å². The summed E-state index contributed by atoms with van der Waals surface area (Å²) in [4.78, 5) is 24.9. The number of anilines is 1. The van der Waals surface area contributed by atoms with Gasteiger partial charge in [0, 0.05) is 18.8 Å². The summed E-state index contributed by atoms with van der Waals surface area (Å²) < 4.78 is 0. The zero-order chi connectivity index (χ0) is 13.0. The molecule has 0 atom stereocenters. The van der Waals surface area contributed by atoms with Crippen LogP contribution in [0.5, 0.6) is 0 Å². The first-order valence-electron chi connectivity index (χ1n) is 6.00. The Hall–Kier alpha value is -1.88. The second kappa shape index (κ2) is 5.64. The van der Waals surface area contributed by atoms with Gasteiger partial charge < -0.3 is 15.5 Å². The Balaban J connectivity index is 1.90. The molecule has 2 amide bonds. The van der Waals surface area contributed by atoms with E-state index in [9.17, 15) is 9.59 Å². The van der Waals surface area contributed by atoms with E-state index in [1.807, 2.05) is 31.2 Å². The maximum atomic E-state index is 11.8. The van der Waals surface area contributed by atoms with Crippen LogP contribution in [0.15, 0.2) is 24.3 Å². The summed E-state index contributed by atoms with van der Waals surface area (Å²) in [5.41, 5.74) is 1.86. The van der Waals surface area contributed by atoms with Gasteiger partial charge in [0.05, 0.1) is 13.1 Å². The van der Waals surface area contributed by atoms with E-state index < -0.39 is 0 Å². The Morgan fingerprint density at radius 3 is 3.06 bits per heavy atom. The molecule has 96 valence electrons. The van der Waals surface area contributed by atoms with Gasteiger partial charge in [-0.15, -0.1) is 0 Å². The molecule has 1 fully saturated rings. The van der Waals surface area contributed by atoms with Crippen molar-refractivity contribution in [3.05, 3.63) is 29.8 Å². The second-order valence-corrected chi connectivity index (χ2v) is 4.41. The van der Waals surface area contributed by atoms with Crippen LogP contribution in [0.1, 0.15) is 5.56 Å². The molecule has 1 aromatic carbocycles. The number of hydrogen-bond donors (Lipinski definition) is 2. The van der Waals surface area contributed by atoms with Gasteiger partial charge in [-0.05, 0) is 24.6 Å². The van der Waals surface area contributed by atoms with Gasteiger partial charge in [-0.25, -0.2) is 0 Å². The van der Waals surface area contributed by atoms with Crippen LogP contribution in [0, 0.1) is 6.92 Å². The SMILES string of the molecule is Cc1cccc(NC(=O)CN2CCNCC2=O)c1. The van der Waals surface area contributed by atoms with Gasteiger partial charge in [-0.3, -0.25) is 9.59 Å². The number of nitrogens with one attached hydrogen (secondary N) is 2. The molecule has 1 aromatic rings. The van der Waals surface area contributed by atoms with Gasteiger partial charge in [0.1, 0.15) is 0 Å². The minimum atomic E-state index is -0.157. The average Bonchev–Trinajstić information content (AvgIpc) is 2.32. The highest BCUT2D eigenvalue weighted by Gasteiger charge is 2.19. The van der Waals surface area contributed by atoms with Crippen molar-refractivity contribution in [2.24, 2.45) is 0 Å². The third-order valence-corrected chi connectivity index (χ3v) is 2.82. The summed E-state index contributed by atoms with van der Waals surface area (Å²) in [6.45, 7) is 3.73. The van der Waals surface area contributed by atoms with E-state index >= 15 is 0 Å². The Bertz CT molecular complexity index is 459. The topological polar surface area (TPSA) is 61.4 Å². The summed E-state index contributed by atoms with van der Waals surface area (Å²) in [5.74, 6) is -0.184. The lowest BCUT2D eigenvalue weighted by Gasteiger charge is -2.26.